The number of Topliss-reactive ketones (excluding diaryl/α,β-unsaturated/α-hetero) is 1. The van der Waals surface area contributed by atoms with E-state index in [9.17, 15) is 9.59 Å². The molecule has 17 heavy (non-hydrogen) atoms. The van der Waals surface area contributed by atoms with Crippen molar-refractivity contribution in [1.29, 1.82) is 0 Å². The van der Waals surface area contributed by atoms with Crippen LogP contribution in [0.25, 0.3) is 0 Å². The zero-order chi connectivity index (χ0) is 13.4. The van der Waals surface area contributed by atoms with Crippen LogP contribution in [0.4, 0.5) is 0 Å². The zero-order valence-corrected chi connectivity index (χ0v) is 11.7. The molecule has 0 N–H and O–H groups in total. The highest BCUT2D eigenvalue weighted by molar-refractivity contribution is 5.81. The molecular weight excluding hydrogens is 218 g/mol. The number of ketones is 1. The van der Waals surface area contributed by atoms with Crippen molar-refractivity contribution in [2.24, 2.45) is 5.41 Å². The van der Waals surface area contributed by atoms with Gasteiger partial charge in [0.15, 0.2) is 0 Å². The first kappa shape index (κ1) is 14.2. The van der Waals surface area contributed by atoms with Crippen LogP contribution in [0.15, 0.2) is 0 Å². The quantitative estimate of drug-likeness (QED) is 0.707. The number of nitrogens with zero attached hydrogens (tertiary/aromatic N) is 1. The molecule has 1 aliphatic rings. The van der Waals surface area contributed by atoms with E-state index >= 15 is 0 Å². The molecule has 0 aromatic heterocycles. The van der Waals surface area contributed by atoms with E-state index in [0.29, 0.717) is 12.8 Å². The second-order valence-corrected chi connectivity index (χ2v) is 6.54. The summed E-state index contributed by atoms with van der Waals surface area (Å²) in [6.07, 6.45) is 0.871. The van der Waals surface area contributed by atoms with Gasteiger partial charge >= 0.3 is 5.97 Å². The van der Waals surface area contributed by atoms with Crippen molar-refractivity contribution in [2.75, 3.05) is 0 Å². The lowest BCUT2D eigenvalue weighted by atomic mass is 9.88. The maximum Gasteiger partial charge on any atom is 0.330 e. The van der Waals surface area contributed by atoms with Gasteiger partial charge in [-0.2, -0.15) is 0 Å². The minimum absolute atomic E-state index is 0.0578. The number of hydrogen-bond donors (Lipinski definition) is 0. The Morgan fingerprint density at radius 3 is 2.35 bits per heavy atom. The lowest BCUT2D eigenvalue weighted by Crippen LogP contribution is -2.56. The van der Waals surface area contributed by atoms with Gasteiger partial charge in [-0.05, 0) is 41.5 Å². The van der Waals surface area contributed by atoms with E-state index < -0.39 is 11.0 Å². The fraction of sp³-hybridized carbons (Fsp3) is 0.846. The molecule has 4 nitrogen and oxygen atoms in total. The highest BCUT2D eigenvalue weighted by Crippen LogP contribution is 2.31. The highest BCUT2D eigenvalue weighted by atomic mass is 16.7. The summed E-state index contributed by atoms with van der Waals surface area (Å²) in [5, 5.41) is 1.68. The smallest absolute Gasteiger partial charge is 0.330 e. The van der Waals surface area contributed by atoms with Crippen LogP contribution in [0.1, 0.15) is 54.4 Å². The standard InChI is InChI=1S/C13H23NO3/c1-9-7-10(15)8-13(5,6)14(9)17-11(16)12(2,3)4/h9H,7-8H2,1-6H3. The summed E-state index contributed by atoms with van der Waals surface area (Å²) < 4.78 is 0. The fourth-order valence-electron chi connectivity index (χ4n) is 2.08. The fourth-order valence-corrected chi connectivity index (χ4v) is 2.08. The normalized spacial score (nSPS) is 25.8. The molecule has 1 fully saturated rings. The summed E-state index contributed by atoms with van der Waals surface area (Å²) in [4.78, 5) is 28.9. The number of piperidine rings is 1. The minimum Gasteiger partial charge on any atom is -0.367 e. The first-order valence-electron chi connectivity index (χ1n) is 6.07. The number of carbonyl (C=O) groups is 2. The molecule has 4 heteroatoms. The van der Waals surface area contributed by atoms with Crippen molar-refractivity contribution >= 4 is 11.8 Å². The lowest BCUT2D eigenvalue weighted by Gasteiger charge is -2.44. The Bertz CT molecular complexity index is 328. The third-order valence-corrected chi connectivity index (χ3v) is 2.94. The van der Waals surface area contributed by atoms with Gasteiger partial charge in [0.2, 0.25) is 0 Å². The third kappa shape index (κ3) is 3.28. The van der Waals surface area contributed by atoms with Gasteiger partial charge in [-0.1, -0.05) is 0 Å². The van der Waals surface area contributed by atoms with Crippen molar-refractivity contribution in [3.8, 4) is 0 Å². The van der Waals surface area contributed by atoms with Crippen LogP contribution in [0.3, 0.4) is 0 Å². The van der Waals surface area contributed by atoms with Crippen LogP contribution >= 0.6 is 0 Å². The molecular formula is C13H23NO3. The van der Waals surface area contributed by atoms with Gasteiger partial charge in [-0.25, -0.2) is 4.79 Å². The molecule has 0 radical (unpaired) electrons. The molecule has 98 valence electrons. The second kappa shape index (κ2) is 4.41. The Kier molecular flexibility index (Phi) is 3.67. The van der Waals surface area contributed by atoms with Crippen molar-refractivity contribution in [3.05, 3.63) is 0 Å². The highest BCUT2D eigenvalue weighted by Gasteiger charge is 2.42. The van der Waals surface area contributed by atoms with Crippen molar-refractivity contribution in [1.82, 2.24) is 5.06 Å². The Morgan fingerprint density at radius 1 is 1.41 bits per heavy atom. The average molecular weight is 241 g/mol. The average Bonchev–Trinajstić information content (AvgIpc) is 2.07. The van der Waals surface area contributed by atoms with E-state index in [-0.39, 0.29) is 17.8 Å². The molecule has 1 heterocycles. The molecule has 0 aromatic rings. The molecule has 0 saturated carbocycles. The number of hydroxylamine groups is 2. The van der Waals surface area contributed by atoms with Crippen LogP contribution in [0, 0.1) is 5.41 Å². The Hall–Kier alpha value is -0.900. The van der Waals surface area contributed by atoms with Crippen molar-refractivity contribution in [3.63, 3.8) is 0 Å². The zero-order valence-electron chi connectivity index (χ0n) is 11.7. The number of carbonyl (C=O) groups excluding carboxylic acids is 2. The van der Waals surface area contributed by atoms with Crippen LogP contribution in [-0.4, -0.2) is 28.4 Å². The predicted octanol–water partition coefficient (Wildman–Crippen LogP) is 2.32. The Balaban J connectivity index is 2.82. The molecule has 1 atom stereocenters. The van der Waals surface area contributed by atoms with Gasteiger partial charge in [0.05, 0.1) is 17.0 Å². The third-order valence-electron chi connectivity index (χ3n) is 2.94. The van der Waals surface area contributed by atoms with Crippen LogP contribution < -0.4 is 0 Å². The van der Waals surface area contributed by atoms with Gasteiger partial charge in [0.1, 0.15) is 5.78 Å². The molecule has 0 aromatic carbocycles. The van der Waals surface area contributed by atoms with E-state index in [1.54, 1.807) is 5.06 Å². The lowest BCUT2D eigenvalue weighted by molar-refractivity contribution is -0.246. The van der Waals surface area contributed by atoms with Gasteiger partial charge < -0.3 is 4.84 Å². The van der Waals surface area contributed by atoms with Crippen LogP contribution in [-0.2, 0) is 14.4 Å². The van der Waals surface area contributed by atoms with Gasteiger partial charge in [-0.3, -0.25) is 4.79 Å². The maximum absolute atomic E-state index is 11.9. The van der Waals surface area contributed by atoms with E-state index in [4.69, 9.17) is 4.84 Å². The largest absolute Gasteiger partial charge is 0.367 e. The molecule has 1 aliphatic heterocycles. The number of hydrogen-bond acceptors (Lipinski definition) is 4. The van der Waals surface area contributed by atoms with Crippen molar-refractivity contribution in [2.45, 2.75) is 66.0 Å². The van der Waals surface area contributed by atoms with E-state index in [1.807, 2.05) is 41.5 Å². The first-order valence-corrected chi connectivity index (χ1v) is 6.07. The molecule has 1 saturated heterocycles. The van der Waals surface area contributed by atoms with E-state index in [2.05, 4.69) is 0 Å². The van der Waals surface area contributed by atoms with Crippen LogP contribution in [0.2, 0.25) is 0 Å². The molecule has 0 bridgehead atoms. The van der Waals surface area contributed by atoms with Gasteiger partial charge in [-0.15, -0.1) is 5.06 Å². The predicted molar refractivity (Wildman–Crippen MR) is 65.2 cm³/mol. The summed E-state index contributed by atoms with van der Waals surface area (Å²) in [5.41, 5.74) is -0.951. The maximum atomic E-state index is 11.9. The monoisotopic (exact) mass is 241 g/mol. The Morgan fingerprint density at radius 2 is 1.94 bits per heavy atom. The van der Waals surface area contributed by atoms with Crippen LogP contribution in [0.5, 0.6) is 0 Å². The summed E-state index contributed by atoms with van der Waals surface area (Å²) >= 11 is 0. The topological polar surface area (TPSA) is 46.6 Å². The summed E-state index contributed by atoms with van der Waals surface area (Å²) in [6.45, 7) is 11.2. The number of rotatable bonds is 1. The molecule has 1 rings (SSSR count). The summed E-state index contributed by atoms with van der Waals surface area (Å²) in [5.74, 6) is -0.0302. The van der Waals surface area contributed by atoms with E-state index in [1.165, 1.54) is 0 Å². The van der Waals surface area contributed by atoms with Crippen molar-refractivity contribution < 1.29 is 14.4 Å². The van der Waals surface area contributed by atoms with Gasteiger partial charge in [0.25, 0.3) is 0 Å². The molecule has 1 unspecified atom stereocenters. The second-order valence-electron chi connectivity index (χ2n) is 6.54. The molecule has 0 spiro atoms. The minimum atomic E-state index is -0.530. The summed E-state index contributed by atoms with van der Waals surface area (Å²) in [7, 11) is 0. The Labute approximate surface area is 103 Å². The first-order chi connectivity index (χ1) is 7.54. The molecule has 0 aliphatic carbocycles. The SMILES string of the molecule is CC1CC(=O)CC(C)(C)N1OC(=O)C(C)(C)C. The summed E-state index contributed by atoms with van der Waals surface area (Å²) in [6, 6.07) is -0.0578. The van der Waals surface area contributed by atoms with Gasteiger partial charge in [0, 0.05) is 12.8 Å². The molecule has 0 amide bonds. The van der Waals surface area contributed by atoms with E-state index in [0.717, 1.165) is 0 Å².